The molecule has 1 fully saturated rings. The zero-order chi connectivity index (χ0) is 14.2. The molecule has 2 N–H and O–H groups in total. The summed E-state index contributed by atoms with van der Waals surface area (Å²) < 4.78 is 5.80. The molecule has 1 aliphatic carbocycles. The average molecular weight is 293 g/mol. The van der Waals surface area contributed by atoms with E-state index in [2.05, 4.69) is 15.6 Å². The zero-order valence-corrected chi connectivity index (χ0v) is 12.8. The van der Waals surface area contributed by atoms with Gasteiger partial charge in [0.2, 0.25) is 0 Å². The Morgan fingerprint density at radius 1 is 1.40 bits per heavy atom. The Balaban J connectivity index is 1.55. The quantitative estimate of drug-likeness (QED) is 0.623. The fourth-order valence-corrected chi connectivity index (χ4v) is 2.56. The van der Waals surface area contributed by atoms with E-state index in [-0.39, 0.29) is 0 Å². The smallest absolute Gasteiger partial charge is 0.171 e. The molecular formula is C15H23N3OS. The lowest BCUT2D eigenvalue weighted by atomic mass is 10.3. The summed E-state index contributed by atoms with van der Waals surface area (Å²) >= 11 is 5.23. The van der Waals surface area contributed by atoms with Crippen molar-refractivity contribution in [2.45, 2.75) is 45.1 Å². The van der Waals surface area contributed by atoms with Gasteiger partial charge in [0.1, 0.15) is 5.82 Å². The predicted octanol–water partition coefficient (Wildman–Crippen LogP) is 3.03. The van der Waals surface area contributed by atoms with Crippen LogP contribution in [0, 0.1) is 6.92 Å². The zero-order valence-electron chi connectivity index (χ0n) is 12.0. The third-order valence-corrected chi connectivity index (χ3v) is 3.64. The Labute approximate surface area is 126 Å². The number of anilines is 1. The summed E-state index contributed by atoms with van der Waals surface area (Å²) in [6.45, 7) is 3.59. The van der Waals surface area contributed by atoms with Gasteiger partial charge in [-0.2, -0.15) is 0 Å². The first kappa shape index (κ1) is 15.2. The average Bonchev–Trinajstić information content (AvgIpc) is 2.91. The normalized spacial score (nSPS) is 15.2. The van der Waals surface area contributed by atoms with E-state index < -0.39 is 0 Å². The fourth-order valence-electron chi connectivity index (χ4n) is 2.35. The number of ether oxygens (including phenoxy) is 1. The van der Waals surface area contributed by atoms with Gasteiger partial charge in [0.05, 0.1) is 6.10 Å². The molecule has 20 heavy (non-hydrogen) atoms. The maximum atomic E-state index is 5.80. The predicted molar refractivity (Wildman–Crippen MR) is 86.0 cm³/mol. The lowest BCUT2D eigenvalue weighted by Gasteiger charge is -2.12. The van der Waals surface area contributed by atoms with Crippen molar-refractivity contribution in [3.8, 4) is 0 Å². The summed E-state index contributed by atoms with van der Waals surface area (Å²) in [7, 11) is 0. The number of aromatic nitrogens is 1. The number of hydrogen-bond donors (Lipinski definition) is 2. The summed E-state index contributed by atoms with van der Waals surface area (Å²) in [4.78, 5) is 4.35. The van der Waals surface area contributed by atoms with Gasteiger partial charge in [-0.15, -0.1) is 0 Å². The summed E-state index contributed by atoms with van der Waals surface area (Å²) in [5, 5.41) is 6.87. The van der Waals surface area contributed by atoms with Gasteiger partial charge < -0.3 is 15.4 Å². The molecule has 0 radical (unpaired) electrons. The van der Waals surface area contributed by atoms with E-state index in [0.29, 0.717) is 11.2 Å². The number of nitrogens with zero attached hydrogens (tertiary/aromatic N) is 1. The molecule has 0 amide bonds. The first-order valence-corrected chi connectivity index (χ1v) is 7.75. The minimum Gasteiger partial charge on any atom is -0.378 e. The van der Waals surface area contributed by atoms with Crippen LogP contribution in [-0.4, -0.2) is 29.4 Å². The van der Waals surface area contributed by atoms with E-state index in [9.17, 15) is 0 Å². The third kappa shape index (κ3) is 5.43. The van der Waals surface area contributed by atoms with Crippen LogP contribution in [0.15, 0.2) is 18.2 Å². The molecule has 1 aliphatic rings. The Morgan fingerprint density at radius 2 is 2.20 bits per heavy atom. The van der Waals surface area contributed by atoms with Crippen molar-refractivity contribution in [1.29, 1.82) is 0 Å². The second-order valence-electron chi connectivity index (χ2n) is 5.18. The van der Waals surface area contributed by atoms with Crippen molar-refractivity contribution < 1.29 is 4.74 Å². The molecular weight excluding hydrogens is 270 g/mol. The maximum Gasteiger partial charge on any atom is 0.171 e. The summed E-state index contributed by atoms with van der Waals surface area (Å²) in [5.41, 5.74) is 0.975. The highest BCUT2D eigenvalue weighted by atomic mass is 32.1. The Hall–Kier alpha value is -1.20. The van der Waals surface area contributed by atoms with Gasteiger partial charge in [0, 0.05) is 18.8 Å². The van der Waals surface area contributed by atoms with E-state index in [4.69, 9.17) is 17.0 Å². The number of aryl methyl sites for hydroxylation is 1. The molecule has 0 unspecified atom stereocenters. The molecule has 110 valence electrons. The summed E-state index contributed by atoms with van der Waals surface area (Å²) in [6.07, 6.45) is 6.57. The molecule has 0 atom stereocenters. The van der Waals surface area contributed by atoms with Crippen LogP contribution in [0.2, 0.25) is 0 Å². The number of hydrogen-bond acceptors (Lipinski definition) is 3. The van der Waals surface area contributed by atoms with Crippen molar-refractivity contribution in [2.75, 3.05) is 18.5 Å². The van der Waals surface area contributed by atoms with Gasteiger partial charge in [0.25, 0.3) is 0 Å². The lowest BCUT2D eigenvalue weighted by Crippen LogP contribution is -2.30. The van der Waals surface area contributed by atoms with Gasteiger partial charge in [-0.3, -0.25) is 0 Å². The number of nitrogens with one attached hydrogen (secondary N) is 2. The standard InChI is InChI=1S/C15H23N3OS/c1-12-6-4-9-14(17-12)18-15(20)16-10-5-11-19-13-7-2-3-8-13/h4,6,9,13H,2-3,5,7-8,10-11H2,1H3,(H2,16,17,18,20). The Morgan fingerprint density at radius 3 is 2.95 bits per heavy atom. The molecule has 1 saturated carbocycles. The molecule has 1 aromatic heterocycles. The third-order valence-electron chi connectivity index (χ3n) is 3.39. The lowest BCUT2D eigenvalue weighted by molar-refractivity contribution is 0.0574. The first-order chi connectivity index (χ1) is 9.74. The van der Waals surface area contributed by atoms with Gasteiger partial charge in [-0.1, -0.05) is 18.9 Å². The van der Waals surface area contributed by atoms with Crippen molar-refractivity contribution in [2.24, 2.45) is 0 Å². The molecule has 2 rings (SSSR count). The van der Waals surface area contributed by atoms with E-state index in [1.54, 1.807) is 0 Å². The highest BCUT2D eigenvalue weighted by molar-refractivity contribution is 7.80. The molecule has 1 aromatic rings. The monoisotopic (exact) mass is 293 g/mol. The van der Waals surface area contributed by atoms with E-state index in [0.717, 1.165) is 31.1 Å². The topological polar surface area (TPSA) is 46.2 Å². The SMILES string of the molecule is Cc1cccc(NC(=S)NCCCOC2CCCC2)n1. The number of thiocarbonyl (C=S) groups is 1. The van der Waals surface area contributed by atoms with E-state index >= 15 is 0 Å². The highest BCUT2D eigenvalue weighted by Gasteiger charge is 2.14. The van der Waals surface area contributed by atoms with Crippen molar-refractivity contribution in [3.05, 3.63) is 23.9 Å². The van der Waals surface area contributed by atoms with Crippen molar-refractivity contribution >= 4 is 23.1 Å². The first-order valence-electron chi connectivity index (χ1n) is 7.34. The van der Waals surface area contributed by atoms with Crippen LogP contribution in [0.4, 0.5) is 5.82 Å². The fraction of sp³-hybridized carbons (Fsp3) is 0.600. The summed E-state index contributed by atoms with van der Waals surface area (Å²) in [5.74, 6) is 0.782. The summed E-state index contributed by atoms with van der Waals surface area (Å²) in [6, 6.07) is 5.83. The Bertz CT molecular complexity index is 433. The van der Waals surface area contributed by atoms with Crippen LogP contribution < -0.4 is 10.6 Å². The maximum absolute atomic E-state index is 5.80. The molecule has 0 saturated heterocycles. The van der Waals surface area contributed by atoms with E-state index in [1.807, 2.05) is 25.1 Å². The molecule has 5 heteroatoms. The van der Waals surface area contributed by atoms with Crippen molar-refractivity contribution in [1.82, 2.24) is 10.3 Å². The van der Waals surface area contributed by atoms with Gasteiger partial charge in [0.15, 0.2) is 5.11 Å². The minimum atomic E-state index is 0.497. The molecule has 0 spiro atoms. The Kier molecular flexibility index (Phi) is 6.21. The van der Waals surface area contributed by atoms with Crippen molar-refractivity contribution in [3.63, 3.8) is 0 Å². The second kappa shape index (κ2) is 8.17. The molecule has 0 aliphatic heterocycles. The van der Waals surface area contributed by atoms with Crippen LogP contribution in [0.3, 0.4) is 0 Å². The minimum absolute atomic E-state index is 0.497. The molecule has 4 nitrogen and oxygen atoms in total. The molecule has 1 heterocycles. The van der Waals surface area contributed by atoms with Crippen LogP contribution in [-0.2, 0) is 4.74 Å². The highest BCUT2D eigenvalue weighted by Crippen LogP contribution is 2.20. The van der Waals surface area contributed by atoms with Crippen LogP contribution >= 0.6 is 12.2 Å². The van der Waals surface area contributed by atoms with Gasteiger partial charge in [-0.25, -0.2) is 4.98 Å². The molecule has 0 bridgehead atoms. The van der Waals surface area contributed by atoms with Crippen LogP contribution in [0.25, 0.3) is 0 Å². The van der Waals surface area contributed by atoms with Gasteiger partial charge >= 0.3 is 0 Å². The number of pyridine rings is 1. The second-order valence-corrected chi connectivity index (χ2v) is 5.58. The van der Waals surface area contributed by atoms with Crippen LogP contribution in [0.5, 0.6) is 0 Å². The van der Waals surface area contributed by atoms with E-state index in [1.165, 1.54) is 25.7 Å². The largest absolute Gasteiger partial charge is 0.378 e. The number of rotatable bonds is 6. The molecule has 0 aromatic carbocycles. The van der Waals surface area contributed by atoms with Gasteiger partial charge in [-0.05, 0) is 50.5 Å². The van der Waals surface area contributed by atoms with Crippen LogP contribution in [0.1, 0.15) is 37.8 Å².